The minimum atomic E-state index is -0.533. The molecule has 3 aromatic rings. The summed E-state index contributed by atoms with van der Waals surface area (Å²) >= 11 is 0. The average Bonchev–Trinajstić information content (AvgIpc) is 2.60. The smallest absolute Gasteiger partial charge is 0.249 e. The first-order valence-electron chi connectivity index (χ1n) is 7.36. The van der Waals surface area contributed by atoms with Crippen LogP contribution in [-0.4, -0.2) is 16.8 Å². The maximum Gasteiger partial charge on any atom is 0.249 e. The Morgan fingerprint density at radius 1 is 1.04 bits per heavy atom. The number of nitrogens with one attached hydrogen (secondary N) is 1. The molecule has 1 heterocycles. The minimum absolute atomic E-state index is 0.261. The van der Waals surface area contributed by atoms with Gasteiger partial charge in [-0.25, -0.2) is 0 Å². The molecule has 0 aliphatic carbocycles. The fraction of sp³-hybridized carbons (Fsp3) is 0. The second-order valence-corrected chi connectivity index (χ2v) is 5.19. The third kappa shape index (κ3) is 3.47. The molecule has 2 aromatic carbocycles. The van der Waals surface area contributed by atoms with Gasteiger partial charge in [0, 0.05) is 23.3 Å². The van der Waals surface area contributed by atoms with Crippen LogP contribution in [0.4, 0.5) is 5.69 Å². The van der Waals surface area contributed by atoms with Crippen LogP contribution in [0.15, 0.2) is 66.9 Å². The molecule has 5 heteroatoms. The largest absolute Gasteiger partial charge is 0.366 e. The molecule has 118 valence electrons. The Morgan fingerprint density at radius 2 is 1.83 bits per heavy atom. The Labute approximate surface area is 138 Å². The number of fused-ring (bicyclic) bond motifs is 1. The van der Waals surface area contributed by atoms with Gasteiger partial charge in [-0.15, -0.1) is 0 Å². The minimum Gasteiger partial charge on any atom is -0.366 e. The van der Waals surface area contributed by atoms with Gasteiger partial charge in [-0.1, -0.05) is 30.3 Å². The molecule has 24 heavy (non-hydrogen) atoms. The second kappa shape index (κ2) is 6.75. The number of primary amides is 1. The molecule has 0 saturated heterocycles. The number of hydrogen-bond acceptors (Lipinski definition) is 3. The van der Waals surface area contributed by atoms with Gasteiger partial charge < -0.3 is 11.1 Å². The summed E-state index contributed by atoms with van der Waals surface area (Å²) in [5.74, 6) is -0.794. The first kappa shape index (κ1) is 15.4. The summed E-state index contributed by atoms with van der Waals surface area (Å²) in [4.78, 5) is 27.7. The highest BCUT2D eigenvalue weighted by Crippen LogP contribution is 2.21. The molecule has 0 unspecified atom stereocenters. The van der Waals surface area contributed by atoms with E-state index in [9.17, 15) is 9.59 Å². The number of nitrogens with zero attached hydrogens (tertiary/aromatic N) is 1. The van der Waals surface area contributed by atoms with E-state index in [0.29, 0.717) is 22.2 Å². The van der Waals surface area contributed by atoms with Crippen molar-refractivity contribution in [3.63, 3.8) is 0 Å². The van der Waals surface area contributed by atoms with Crippen LogP contribution in [0, 0.1) is 0 Å². The van der Waals surface area contributed by atoms with Crippen LogP contribution in [0.25, 0.3) is 17.0 Å². The molecular weight excluding hydrogens is 302 g/mol. The normalized spacial score (nSPS) is 10.8. The van der Waals surface area contributed by atoms with E-state index in [1.807, 2.05) is 30.3 Å². The number of amides is 2. The Morgan fingerprint density at radius 3 is 2.58 bits per heavy atom. The highest BCUT2D eigenvalue weighted by Gasteiger charge is 2.08. The Kier molecular flexibility index (Phi) is 4.34. The summed E-state index contributed by atoms with van der Waals surface area (Å²) in [6, 6.07) is 16.2. The van der Waals surface area contributed by atoms with Crippen LogP contribution in [0.1, 0.15) is 15.9 Å². The molecule has 3 rings (SSSR count). The van der Waals surface area contributed by atoms with Crippen LogP contribution in [0.2, 0.25) is 0 Å². The summed E-state index contributed by atoms with van der Waals surface area (Å²) in [6.45, 7) is 0. The van der Waals surface area contributed by atoms with Crippen molar-refractivity contribution in [1.82, 2.24) is 4.98 Å². The molecule has 0 saturated carbocycles. The van der Waals surface area contributed by atoms with Crippen LogP contribution in [0.5, 0.6) is 0 Å². The molecule has 0 aliphatic rings. The Balaban J connectivity index is 1.82. The van der Waals surface area contributed by atoms with Gasteiger partial charge in [-0.2, -0.15) is 0 Å². The van der Waals surface area contributed by atoms with Crippen LogP contribution >= 0.6 is 0 Å². The third-order valence-corrected chi connectivity index (χ3v) is 3.50. The number of aromatic nitrogens is 1. The number of benzene rings is 2. The third-order valence-electron chi connectivity index (χ3n) is 3.50. The Bertz CT molecular complexity index is 934. The summed E-state index contributed by atoms with van der Waals surface area (Å²) in [5, 5.41) is 3.37. The van der Waals surface area contributed by atoms with Gasteiger partial charge in [0.25, 0.3) is 0 Å². The number of nitrogens with two attached hydrogens (primary N) is 1. The lowest BCUT2D eigenvalue weighted by molar-refractivity contribution is -0.111. The van der Waals surface area contributed by atoms with E-state index in [4.69, 9.17) is 5.73 Å². The summed E-state index contributed by atoms with van der Waals surface area (Å²) in [7, 11) is 0. The van der Waals surface area contributed by atoms with E-state index in [2.05, 4.69) is 10.3 Å². The highest BCUT2D eigenvalue weighted by molar-refractivity contribution is 6.07. The van der Waals surface area contributed by atoms with E-state index in [-0.39, 0.29) is 5.91 Å². The van der Waals surface area contributed by atoms with Gasteiger partial charge >= 0.3 is 0 Å². The van der Waals surface area contributed by atoms with Gasteiger partial charge in [0.2, 0.25) is 11.8 Å². The topological polar surface area (TPSA) is 85.1 Å². The second-order valence-electron chi connectivity index (χ2n) is 5.19. The van der Waals surface area contributed by atoms with E-state index in [1.54, 1.807) is 30.3 Å². The van der Waals surface area contributed by atoms with Gasteiger partial charge in [-0.3, -0.25) is 14.6 Å². The van der Waals surface area contributed by atoms with Crippen molar-refractivity contribution < 1.29 is 9.59 Å². The molecule has 0 fully saturated rings. The predicted octanol–water partition coefficient (Wildman–Crippen LogP) is 2.99. The first-order valence-corrected chi connectivity index (χ1v) is 7.36. The SMILES string of the molecule is NC(=O)c1ccnc2ccc(NC(=O)C=Cc3ccccc3)cc12. The first-order chi connectivity index (χ1) is 11.6. The number of rotatable bonds is 4. The predicted molar refractivity (Wildman–Crippen MR) is 94.4 cm³/mol. The van der Waals surface area contributed by atoms with Crippen molar-refractivity contribution in [2.75, 3.05) is 5.32 Å². The maximum absolute atomic E-state index is 12.0. The lowest BCUT2D eigenvalue weighted by Crippen LogP contribution is -2.12. The van der Waals surface area contributed by atoms with E-state index in [1.165, 1.54) is 12.3 Å². The lowest BCUT2D eigenvalue weighted by atomic mass is 10.1. The van der Waals surface area contributed by atoms with Crippen LogP contribution < -0.4 is 11.1 Å². The molecule has 0 aliphatic heterocycles. The molecule has 2 amide bonds. The monoisotopic (exact) mass is 317 g/mol. The zero-order valence-corrected chi connectivity index (χ0v) is 12.8. The molecule has 5 nitrogen and oxygen atoms in total. The zero-order chi connectivity index (χ0) is 16.9. The van der Waals surface area contributed by atoms with E-state index >= 15 is 0 Å². The van der Waals surface area contributed by atoms with E-state index in [0.717, 1.165) is 5.56 Å². The van der Waals surface area contributed by atoms with Gasteiger partial charge in [0.1, 0.15) is 0 Å². The molecule has 1 aromatic heterocycles. The van der Waals surface area contributed by atoms with Crippen molar-refractivity contribution in [2.24, 2.45) is 5.73 Å². The number of anilines is 1. The van der Waals surface area contributed by atoms with Gasteiger partial charge in [0.05, 0.1) is 11.1 Å². The number of pyridine rings is 1. The summed E-state index contributed by atoms with van der Waals surface area (Å²) in [6.07, 6.45) is 4.72. The molecular formula is C19H15N3O2. The van der Waals surface area contributed by atoms with Gasteiger partial charge in [-0.05, 0) is 35.9 Å². The molecule has 0 spiro atoms. The summed E-state index contributed by atoms with van der Waals surface area (Å²) < 4.78 is 0. The standard InChI is InChI=1S/C19H15N3O2/c20-19(24)15-10-11-21-17-8-7-14(12-16(15)17)22-18(23)9-6-13-4-2-1-3-5-13/h1-12H,(H2,20,24)(H,22,23). The van der Waals surface area contributed by atoms with Crippen molar-refractivity contribution >= 4 is 34.5 Å². The Hall–Kier alpha value is -3.47. The summed E-state index contributed by atoms with van der Waals surface area (Å²) in [5.41, 5.74) is 7.90. The van der Waals surface area contributed by atoms with Crippen LogP contribution in [-0.2, 0) is 4.79 Å². The number of carbonyl (C=O) groups excluding carboxylic acids is 2. The molecule has 3 N–H and O–H groups in total. The van der Waals surface area contributed by atoms with Crippen molar-refractivity contribution in [2.45, 2.75) is 0 Å². The number of carbonyl (C=O) groups is 2. The fourth-order valence-corrected chi connectivity index (χ4v) is 2.36. The molecule has 0 bridgehead atoms. The van der Waals surface area contributed by atoms with E-state index < -0.39 is 5.91 Å². The van der Waals surface area contributed by atoms with Crippen molar-refractivity contribution in [3.8, 4) is 0 Å². The van der Waals surface area contributed by atoms with Gasteiger partial charge in [0.15, 0.2) is 0 Å². The maximum atomic E-state index is 12.0. The van der Waals surface area contributed by atoms with Crippen molar-refractivity contribution in [1.29, 1.82) is 0 Å². The van der Waals surface area contributed by atoms with Crippen LogP contribution in [0.3, 0.4) is 0 Å². The highest BCUT2D eigenvalue weighted by atomic mass is 16.1. The molecule has 0 radical (unpaired) electrons. The fourth-order valence-electron chi connectivity index (χ4n) is 2.36. The molecule has 0 atom stereocenters. The lowest BCUT2D eigenvalue weighted by Gasteiger charge is -2.06. The average molecular weight is 317 g/mol. The number of hydrogen-bond donors (Lipinski definition) is 2. The quantitative estimate of drug-likeness (QED) is 0.725. The zero-order valence-electron chi connectivity index (χ0n) is 12.8. The van der Waals surface area contributed by atoms with Crippen molar-refractivity contribution in [3.05, 3.63) is 78.0 Å².